The zero-order valence-electron chi connectivity index (χ0n) is 15.0. The molecule has 4 rings (SSSR count). The van der Waals surface area contributed by atoms with Crippen molar-refractivity contribution >= 4 is 17.6 Å². The Kier molecular flexibility index (Phi) is 4.21. The highest BCUT2D eigenvalue weighted by molar-refractivity contribution is 5.56. The Hall–Kier alpha value is -2.34. The summed E-state index contributed by atoms with van der Waals surface area (Å²) in [6.45, 7) is 7.18. The standard InChI is InChI=1S/C19H26N6/c1-14-11-15-5-3-4-6-16(15)13-25(14)18-12-17(21-19(20)22-18)24-9-7-23(2)8-10-24/h3-6,12,14H,7-11,13H2,1-2H3,(H2,20,21,22)/t14-/m0/s1. The molecule has 1 atom stereocenters. The molecule has 2 aromatic rings. The number of hydrogen-bond donors (Lipinski definition) is 1. The number of anilines is 3. The van der Waals surface area contributed by atoms with Crippen molar-refractivity contribution in [1.29, 1.82) is 0 Å². The zero-order valence-corrected chi connectivity index (χ0v) is 15.0. The third-order valence-corrected chi connectivity index (χ3v) is 5.34. The van der Waals surface area contributed by atoms with Crippen LogP contribution in [0.2, 0.25) is 0 Å². The van der Waals surface area contributed by atoms with Crippen molar-refractivity contribution in [3.05, 3.63) is 41.5 Å². The molecule has 0 amide bonds. The van der Waals surface area contributed by atoms with Crippen molar-refractivity contribution in [1.82, 2.24) is 14.9 Å². The quantitative estimate of drug-likeness (QED) is 0.900. The van der Waals surface area contributed by atoms with E-state index in [1.165, 1.54) is 11.1 Å². The lowest BCUT2D eigenvalue weighted by atomic mass is 9.95. The maximum Gasteiger partial charge on any atom is 0.223 e. The molecule has 0 unspecified atom stereocenters. The molecule has 3 heterocycles. The minimum atomic E-state index is 0.359. The number of likely N-dealkylation sites (N-methyl/N-ethyl adjacent to an activating group) is 1. The van der Waals surface area contributed by atoms with Gasteiger partial charge in [0.25, 0.3) is 0 Å². The first-order chi connectivity index (χ1) is 12.1. The van der Waals surface area contributed by atoms with Crippen molar-refractivity contribution < 1.29 is 0 Å². The van der Waals surface area contributed by atoms with Crippen LogP contribution in [0.15, 0.2) is 30.3 Å². The molecule has 6 heteroatoms. The predicted molar refractivity (Wildman–Crippen MR) is 102 cm³/mol. The SMILES string of the molecule is C[C@H]1Cc2ccccc2CN1c1cc(N2CCN(C)CC2)nc(N)n1. The van der Waals surface area contributed by atoms with Crippen LogP contribution in [0.3, 0.4) is 0 Å². The summed E-state index contributed by atoms with van der Waals surface area (Å²) in [7, 11) is 2.16. The van der Waals surface area contributed by atoms with Crippen LogP contribution < -0.4 is 15.5 Å². The molecule has 0 aliphatic carbocycles. The van der Waals surface area contributed by atoms with Gasteiger partial charge in [-0.2, -0.15) is 9.97 Å². The lowest BCUT2D eigenvalue weighted by Gasteiger charge is -2.37. The van der Waals surface area contributed by atoms with E-state index in [4.69, 9.17) is 5.73 Å². The van der Waals surface area contributed by atoms with E-state index in [0.29, 0.717) is 12.0 Å². The number of benzene rings is 1. The fourth-order valence-corrected chi connectivity index (χ4v) is 3.77. The maximum atomic E-state index is 6.05. The van der Waals surface area contributed by atoms with Gasteiger partial charge in [-0.25, -0.2) is 0 Å². The van der Waals surface area contributed by atoms with Crippen LogP contribution in [0.5, 0.6) is 0 Å². The first-order valence-electron chi connectivity index (χ1n) is 9.01. The normalized spacial score (nSPS) is 21.3. The first-order valence-corrected chi connectivity index (χ1v) is 9.01. The molecule has 1 aromatic carbocycles. The minimum Gasteiger partial charge on any atom is -0.368 e. The van der Waals surface area contributed by atoms with Gasteiger partial charge in [0.05, 0.1) is 0 Å². The van der Waals surface area contributed by atoms with E-state index < -0.39 is 0 Å². The lowest BCUT2D eigenvalue weighted by molar-refractivity contribution is 0.312. The molecule has 132 valence electrons. The largest absolute Gasteiger partial charge is 0.368 e. The third kappa shape index (κ3) is 3.26. The average Bonchev–Trinajstić information content (AvgIpc) is 2.61. The van der Waals surface area contributed by atoms with E-state index >= 15 is 0 Å². The monoisotopic (exact) mass is 338 g/mol. The molecule has 2 N–H and O–H groups in total. The smallest absolute Gasteiger partial charge is 0.223 e. The van der Waals surface area contributed by atoms with Gasteiger partial charge in [-0.05, 0) is 31.5 Å². The molecule has 1 aromatic heterocycles. The minimum absolute atomic E-state index is 0.359. The van der Waals surface area contributed by atoms with Gasteiger partial charge in [0.1, 0.15) is 11.6 Å². The number of hydrogen-bond acceptors (Lipinski definition) is 6. The van der Waals surface area contributed by atoms with Gasteiger partial charge in [-0.1, -0.05) is 24.3 Å². The molecule has 2 aliphatic heterocycles. The van der Waals surface area contributed by atoms with E-state index in [1.807, 2.05) is 0 Å². The molecule has 1 saturated heterocycles. The molecular formula is C19H26N6. The van der Waals surface area contributed by atoms with Crippen LogP contribution in [-0.4, -0.2) is 54.1 Å². The summed E-state index contributed by atoms with van der Waals surface area (Å²) >= 11 is 0. The molecule has 25 heavy (non-hydrogen) atoms. The number of nitrogen functional groups attached to an aromatic ring is 1. The summed E-state index contributed by atoms with van der Waals surface area (Å²) in [5.41, 5.74) is 8.87. The highest BCUT2D eigenvalue weighted by Crippen LogP contribution is 2.29. The third-order valence-electron chi connectivity index (χ3n) is 5.34. The fraction of sp³-hybridized carbons (Fsp3) is 0.474. The number of rotatable bonds is 2. The molecule has 6 nitrogen and oxygen atoms in total. The molecule has 1 fully saturated rings. The molecule has 0 spiro atoms. The Morgan fingerprint density at radius 2 is 1.68 bits per heavy atom. The van der Waals surface area contributed by atoms with E-state index in [0.717, 1.165) is 50.8 Å². The Morgan fingerprint density at radius 1 is 1.00 bits per heavy atom. The number of nitrogens with two attached hydrogens (primary N) is 1. The highest BCUT2D eigenvalue weighted by atomic mass is 15.3. The van der Waals surface area contributed by atoms with Crippen molar-refractivity contribution in [2.75, 3.05) is 48.8 Å². The summed E-state index contributed by atoms with van der Waals surface area (Å²) in [5, 5.41) is 0. The number of aromatic nitrogens is 2. The van der Waals surface area contributed by atoms with Gasteiger partial charge < -0.3 is 20.4 Å². The van der Waals surface area contributed by atoms with Gasteiger partial charge in [-0.15, -0.1) is 0 Å². The zero-order chi connectivity index (χ0) is 17.4. The van der Waals surface area contributed by atoms with Gasteiger partial charge in [0, 0.05) is 44.8 Å². The first kappa shape index (κ1) is 16.1. The Balaban J connectivity index is 1.62. The van der Waals surface area contributed by atoms with Gasteiger partial charge in [0.15, 0.2) is 0 Å². The van der Waals surface area contributed by atoms with Crippen LogP contribution in [0.4, 0.5) is 17.6 Å². The molecule has 0 saturated carbocycles. The van der Waals surface area contributed by atoms with Crippen molar-refractivity contribution in [2.24, 2.45) is 0 Å². The van der Waals surface area contributed by atoms with Gasteiger partial charge in [0.2, 0.25) is 5.95 Å². The predicted octanol–water partition coefficient (Wildman–Crippen LogP) is 1.76. The Bertz CT molecular complexity index is 753. The Labute approximate surface area is 149 Å². The van der Waals surface area contributed by atoms with E-state index in [2.05, 4.69) is 69.0 Å². The summed E-state index contributed by atoms with van der Waals surface area (Å²) in [5.74, 6) is 2.24. The molecule has 0 radical (unpaired) electrons. The molecule has 0 bridgehead atoms. The van der Waals surface area contributed by atoms with E-state index in [1.54, 1.807) is 0 Å². The van der Waals surface area contributed by atoms with Crippen LogP contribution in [0, 0.1) is 0 Å². The maximum absolute atomic E-state index is 6.05. The van der Waals surface area contributed by atoms with Crippen LogP contribution >= 0.6 is 0 Å². The van der Waals surface area contributed by atoms with Crippen LogP contribution in [0.25, 0.3) is 0 Å². The van der Waals surface area contributed by atoms with Crippen LogP contribution in [0.1, 0.15) is 18.1 Å². The van der Waals surface area contributed by atoms with Gasteiger partial charge in [-0.3, -0.25) is 0 Å². The fourth-order valence-electron chi connectivity index (χ4n) is 3.77. The van der Waals surface area contributed by atoms with E-state index in [9.17, 15) is 0 Å². The Morgan fingerprint density at radius 3 is 2.44 bits per heavy atom. The highest BCUT2D eigenvalue weighted by Gasteiger charge is 2.25. The van der Waals surface area contributed by atoms with Crippen LogP contribution in [-0.2, 0) is 13.0 Å². The summed E-state index contributed by atoms with van der Waals surface area (Å²) in [6.07, 6.45) is 1.03. The average molecular weight is 338 g/mol. The van der Waals surface area contributed by atoms with Crippen molar-refractivity contribution in [2.45, 2.75) is 25.9 Å². The molecule has 2 aliphatic rings. The van der Waals surface area contributed by atoms with Crippen molar-refractivity contribution in [3.8, 4) is 0 Å². The summed E-state index contributed by atoms with van der Waals surface area (Å²) in [6, 6.07) is 11.2. The summed E-state index contributed by atoms with van der Waals surface area (Å²) in [4.78, 5) is 16.0. The summed E-state index contributed by atoms with van der Waals surface area (Å²) < 4.78 is 0. The lowest BCUT2D eigenvalue weighted by Crippen LogP contribution is -2.45. The second kappa shape index (κ2) is 6.52. The topological polar surface area (TPSA) is 61.5 Å². The van der Waals surface area contributed by atoms with E-state index in [-0.39, 0.29) is 0 Å². The number of piperazine rings is 1. The second-order valence-electron chi connectivity index (χ2n) is 7.18. The van der Waals surface area contributed by atoms with Crippen molar-refractivity contribution in [3.63, 3.8) is 0 Å². The van der Waals surface area contributed by atoms with Gasteiger partial charge >= 0.3 is 0 Å². The molecular weight excluding hydrogens is 312 g/mol. The second-order valence-corrected chi connectivity index (χ2v) is 7.18. The number of nitrogens with zero attached hydrogens (tertiary/aromatic N) is 5. The number of fused-ring (bicyclic) bond motifs is 1.